The maximum atomic E-state index is 11.1. The third-order valence-corrected chi connectivity index (χ3v) is 3.36. The maximum Gasteiger partial charge on any atom is 0.303 e. The van der Waals surface area contributed by atoms with Crippen molar-refractivity contribution in [2.75, 3.05) is 0 Å². The summed E-state index contributed by atoms with van der Waals surface area (Å²) in [6.45, 7) is 1.78. The molecule has 94 valence electrons. The molecule has 0 bridgehead atoms. The van der Waals surface area contributed by atoms with Crippen molar-refractivity contribution in [1.82, 2.24) is 0 Å². The molecule has 0 heterocycles. The number of rotatable bonds is 4. The normalized spacial score (nSPS) is 13.2. The van der Waals surface area contributed by atoms with Crippen LogP contribution in [0.15, 0.2) is 60.7 Å². The van der Waals surface area contributed by atoms with Crippen molar-refractivity contribution in [2.24, 2.45) is 0 Å². The fourth-order valence-electron chi connectivity index (χ4n) is 1.92. The largest absolute Gasteiger partial charge is 0.303 e. The van der Waals surface area contributed by atoms with Crippen molar-refractivity contribution in [1.29, 1.82) is 0 Å². The molecule has 0 saturated carbocycles. The van der Waals surface area contributed by atoms with Gasteiger partial charge < -0.3 is 0 Å². The highest BCUT2D eigenvalue weighted by molar-refractivity contribution is 7.74. The third kappa shape index (κ3) is 2.67. The van der Waals surface area contributed by atoms with Crippen LogP contribution >= 0.6 is 0 Å². The summed E-state index contributed by atoms with van der Waals surface area (Å²) in [5, 5.41) is 0. The van der Waals surface area contributed by atoms with E-state index in [1.165, 1.54) is 0 Å². The molecule has 2 rings (SSSR count). The van der Waals surface area contributed by atoms with E-state index in [0.29, 0.717) is 0 Å². The lowest BCUT2D eigenvalue weighted by Crippen LogP contribution is -2.28. The first kappa shape index (κ1) is 13.0. The van der Waals surface area contributed by atoms with Crippen LogP contribution in [0.1, 0.15) is 18.1 Å². The predicted molar refractivity (Wildman–Crippen MR) is 71.2 cm³/mol. The summed E-state index contributed by atoms with van der Waals surface area (Å²) in [5.41, 5.74) is 0.722. The Balaban J connectivity index is 2.51. The van der Waals surface area contributed by atoms with E-state index < -0.39 is 17.0 Å². The SMILES string of the molecule is CC(OS(=O)O)(c1ccccc1)c1ccccc1. The van der Waals surface area contributed by atoms with E-state index in [-0.39, 0.29) is 0 Å². The molecule has 18 heavy (non-hydrogen) atoms. The highest BCUT2D eigenvalue weighted by Crippen LogP contribution is 2.33. The van der Waals surface area contributed by atoms with E-state index in [4.69, 9.17) is 8.74 Å². The van der Waals surface area contributed by atoms with Crippen LogP contribution in [0.3, 0.4) is 0 Å². The zero-order chi connectivity index (χ0) is 13.0. The van der Waals surface area contributed by atoms with Crippen LogP contribution in [0.5, 0.6) is 0 Å². The summed E-state index contributed by atoms with van der Waals surface area (Å²) in [6, 6.07) is 18.8. The monoisotopic (exact) mass is 262 g/mol. The average molecular weight is 262 g/mol. The molecule has 0 spiro atoms. The Morgan fingerprint density at radius 3 is 1.67 bits per heavy atom. The van der Waals surface area contributed by atoms with Gasteiger partial charge in [0.1, 0.15) is 5.60 Å². The Morgan fingerprint density at radius 2 is 1.33 bits per heavy atom. The van der Waals surface area contributed by atoms with Gasteiger partial charge in [0.15, 0.2) is 0 Å². The topological polar surface area (TPSA) is 46.5 Å². The standard InChI is InChI=1S/C14H14O3S/c1-14(17-18(15)16,12-8-4-2-5-9-12)13-10-6-3-7-11-13/h2-11H,1H3,(H,15,16). The van der Waals surface area contributed by atoms with Gasteiger partial charge in [0.25, 0.3) is 0 Å². The molecule has 0 aliphatic heterocycles. The summed E-state index contributed by atoms with van der Waals surface area (Å²) < 4.78 is 25.3. The lowest BCUT2D eigenvalue weighted by Gasteiger charge is -2.28. The lowest BCUT2D eigenvalue weighted by atomic mass is 9.88. The van der Waals surface area contributed by atoms with Gasteiger partial charge in [0, 0.05) is 0 Å². The zero-order valence-electron chi connectivity index (χ0n) is 9.95. The van der Waals surface area contributed by atoms with Gasteiger partial charge in [0.2, 0.25) is 0 Å². The Hall–Kier alpha value is -1.49. The fourth-order valence-corrected chi connectivity index (χ4v) is 2.40. The molecule has 0 aliphatic carbocycles. The van der Waals surface area contributed by atoms with Crippen LogP contribution in [0.25, 0.3) is 0 Å². The van der Waals surface area contributed by atoms with E-state index in [9.17, 15) is 4.21 Å². The van der Waals surface area contributed by atoms with E-state index in [0.717, 1.165) is 11.1 Å². The average Bonchev–Trinajstić information content (AvgIpc) is 2.40. The molecule has 4 heteroatoms. The molecule has 2 aromatic carbocycles. The van der Waals surface area contributed by atoms with Gasteiger partial charge in [-0.2, -0.15) is 4.21 Å². The Labute approximate surface area is 109 Å². The summed E-state index contributed by atoms with van der Waals surface area (Å²) in [6.07, 6.45) is 0. The number of hydrogen-bond acceptors (Lipinski definition) is 2. The molecule has 0 aliphatic rings. The minimum Gasteiger partial charge on any atom is -0.284 e. The van der Waals surface area contributed by atoms with Gasteiger partial charge >= 0.3 is 11.4 Å². The number of benzene rings is 2. The van der Waals surface area contributed by atoms with Gasteiger partial charge in [-0.1, -0.05) is 60.7 Å². The lowest BCUT2D eigenvalue weighted by molar-refractivity contribution is 0.137. The van der Waals surface area contributed by atoms with Crippen molar-refractivity contribution >= 4 is 11.4 Å². The van der Waals surface area contributed by atoms with Gasteiger partial charge in [-0.3, -0.25) is 8.74 Å². The predicted octanol–water partition coefficient (Wildman–Crippen LogP) is 3.10. The fraction of sp³-hybridized carbons (Fsp3) is 0.143. The summed E-state index contributed by atoms with van der Waals surface area (Å²) in [7, 11) is 0. The first-order valence-electron chi connectivity index (χ1n) is 5.54. The van der Waals surface area contributed by atoms with Crippen LogP contribution in [0.4, 0.5) is 0 Å². The van der Waals surface area contributed by atoms with Crippen molar-refractivity contribution in [3.63, 3.8) is 0 Å². The second-order valence-corrected chi connectivity index (χ2v) is 4.67. The molecule has 1 N–H and O–H groups in total. The highest BCUT2D eigenvalue weighted by Gasteiger charge is 2.32. The van der Waals surface area contributed by atoms with E-state index in [1.54, 1.807) is 6.92 Å². The van der Waals surface area contributed by atoms with Crippen LogP contribution in [-0.2, 0) is 21.1 Å². The first-order chi connectivity index (χ1) is 8.63. The second-order valence-electron chi connectivity index (χ2n) is 4.07. The Bertz CT molecular complexity index is 486. The Morgan fingerprint density at radius 1 is 0.944 bits per heavy atom. The van der Waals surface area contributed by atoms with E-state index >= 15 is 0 Å². The highest BCUT2D eigenvalue weighted by atomic mass is 32.2. The Kier molecular flexibility index (Phi) is 3.91. The quantitative estimate of drug-likeness (QED) is 0.861. The number of hydrogen-bond donors (Lipinski definition) is 1. The molecule has 1 unspecified atom stereocenters. The van der Waals surface area contributed by atoms with Crippen molar-refractivity contribution < 1.29 is 12.9 Å². The molecule has 3 nitrogen and oxygen atoms in total. The molecule has 0 saturated heterocycles. The van der Waals surface area contributed by atoms with Crippen LogP contribution in [0.2, 0.25) is 0 Å². The van der Waals surface area contributed by atoms with Crippen molar-refractivity contribution in [2.45, 2.75) is 12.5 Å². The smallest absolute Gasteiger partial charge is 0.284 e. The van der Waals surface area contributed by atoms with Gasteiger partial charge in [-0.05, 0) is 18.1 Å². The summed E-state index contributed by atoms with van der Waals surface area (Å²) in [4.78, 5) is 0. The minimum absolute atomic E-state index is 0.832. The molecule has 0 amide bonds. The van der Waals surface area contributed by atoms with Gasteiger partial charge in [0.05, 0.1) is 0 Å². The van der Waals surface area contributed by atoms with Gasteiger partial charge in [-0.15, -0.1) is 0 Å². The summed E-state index contributed by atoms with van der Waals surface area (Å²) in [5.74, 6) is 0. The molecule has 0 radical (unpaired) electrons. The third-order valence-electron chi connectivity index (χ3n) is 2.89. The van der Waals surface area contributed by atoms with Crippen molar-refractivity contribution in [3.05, 3.63) is 71.8 Å². The molecule has 2 aromatic rings. The molecule has 0 fully saturated rings. The zero-order valence-corrected chi connectivity index (χ0v) is 10.8. The maximum absolute atomic E-state index is 11.1. The molecule has 1 atom stereocenters. The summed E-state index contributed by atoms with van der Waals surface area (Å²) >= 11 is -2.34. The van der Waals surface area contributed by atoms with Crippen LogP contribution in [0, 0.1) is 0 Å². The minimum atomic E-state index is -2.34. The van der Waals surface area contributed by atoms with Crippen LogP contribution < -0.4 is 0 Å². The second kappa shape index (κ2) is 5.44. The molecular formula is C14H14O3S. The first-order valence-corrected chi connectivity index (χ1v) is 6.57. The van der Waals surface area contributed by atoms with E-state index in [1.807, 2.05) is 60.7 Å². The molecule has 0 aromatic heterocycles. The van der Waals surface area contributed by atoms with Crippen molar-refractivity contribution in [3.8, 4) is 0 Å². The van der Waals surface area contributed by atoms with E-state index in [2.05, 4.69) is 0 Å². The molecular weight excluding hydrogens is 248 g/mol. The van der Waals surface area contributed by atoms with Gasteiger partial charge in [-0.25, -0.2) is 0 Å². The van der Waals surface area contributed by atoms with Crippen LogP contribution in [-0.4, -0.2) is 8.76 Å².